The molecule has 1 saturated carbocycles. The van der Waals surface area contributed by atoms with Gasteiger partial charge in [-0.15, -0.1) is 0 Å². The maximum absolute atomic E-state index is 12.0. The van der Waals surface area contributed by atoms with E-state index in [0.717, 1.165) is 28.9 Å². The number of benzene rings is 1. The Bertz CT molecular complexity index is 447. The van der Waals surface area contributed by atoms with Crippen molar-refractivity contribution in [1.82, 2.24) is 0 Å². The zero-order valence-electron chi connectivity index (χ0n) is 9.66. The van der Waals surface area contributed by atoms with Crippen molar-refractivity contribution >= 4 is 16.6 Å². The molecule has 16 heavy (non-hydrogen) atoms. The zero-order chi connectivity index (χ0) is 11.7. The van der Waals surface area contributed by atoms with Gasteiger partial charge in [0.25, 0.3) is 0 Å². The van der Waals surface area contributed by atoms with Crippen LogP contribution in [-0.2, 0) is 15.6 Å². The van der Waals surface area contributed by atoms with Gasteiger partial charge in [0.2, 0.25) is 0 Å². The number of rotatable bonds is 4. The molecule has 1 unspecified atom stereocenters. The summed E-state index contributed by atoms with van der Waals surface area (Å²) in [4.78, 5) is 12.4. The maximum Gasteiger partial charge on any atom is 0.148 e. The fourth-order valence-electron chi connectivity index (χ4n) is 1.78. The van der Waals surface area contributed by atoms with E-state index >= 15 is 0 Å². The summed E-state index contributed by atoms with van der Waals surface area (Å²) < 4.78 is 12.0. The standard InChI is InChI=1S/C13H16O2S/c1-9-3-6-13(10(2)7-9)16(15)8-12(14)11-4-5-11/h3,6-7,11H,4-5,8H2,1-2H3. The zero-order valence-corrected chi connectivity index (χ0v) is 10.5. The highest BCUT2D eigenvalue weighted by molar-refractivity contribution is 7.85. The third-order valence-electron chi connectivity index (χ3n) is 2.88. The van der Waals surface area contributed by atoms with E-state index in [1.54, 1.807) is 0 Å². The summed E-state index contributed by atoms with van der Waals surface area (Å²) in [5, 5.41) is 0. The largest absolute Gasteiger partial charge is 0.298 e. The van der Waals surface area contributed by atoms with Crippen molar-refractivity contribution < 1.29 is 9.00 Å². The van der Waals surface area contributed by atoms with Crippen LogP contribution in [0.25, 0.3) is 0 Å². The molecule has 0 saturated heterocycles. The van der Waals surface area contributed by atoms with Crippen LogP contribution in [0.15, 0.2) is 23.1 Å². The second-order valence-electron chi connectivity index (χ2n) is 4.50. The molecule has 0 amide bonds. The molecule has 0 bridgehead atoms. The van der Waals surface area contributed by atoms with Crippen molar-refractivity contribution in [2.45, 2.75) is 31.6 Å². The van der Waals surface area contributed by atoms with Gasteiger partial charge in [0, 0.05) is 10.8 Å². The Kier molecular flexibility index (Phi) is 3.24. The average molecular weight is 236 g/mol. The number of hydrogen-bond donors (Lipinski definition) is 0. The topological polar surface area (TPSA) is 34.1 Å². The number of carbonyl (C=O) groups excluding carboxylic acids is 1. The lowest BCUT2D eigenvalue weighted by molar-refractivity contribution is -0.117. The molecule has 1 aliphatic carbocycles. The first-order valence-electron chi connectivity index (χ1n) is 5.56. The Balaban J connectivity index is 2.10. The van der Waals surface area contributed by atoms with E-state index in [9.17, 15) is 9.00 Å². The lowest BCUT2D eigenvalue weighted by Gasteiger charge is -2.06. The molecular formula is C13H16O2S. The quantitative estimate of drug-likeness (QED) is 0.804. The minimum atomic E-state index is -1.16. The van der Waals surface area contributed by atoms with E-state index in [1.807, 2.05) is 32.0 Å². The number of carbonyl (C=O) groups is 1. The Morgan fingerprint density at radius 3 is 2.62 bits per heavy atom. The van der Waals surface area contributed by atoms with E-state index in [2.05, 4.69) is 0 Å². The molecule has 0 spiro atoms. The van der Waals surface area contributed by atoms with Gasteiger partial charge in [0.05, 0.1) is 16.6 Å². The smallest absolute Gasteiger partial charge is 0.148 e. The Morgan fingerprint density at radius 2 is 2.06 bits per heavy atom. The highest BCUT2D eigenvalue weighted by Gasteiger charge is 2.30. The fourth-order valence-corrected chi connectivity index (χ4v) is 3.07. The van der Waals surface area contributed by atoms with E-state index in [-0.39, 0.29) is 17.5 Å². The summed E-state index contributed by atoms with van der Waals surface area (Å²) in [6.07, 6.45) is 1.98. The van der Waals surface area contributed by atoms with Gasteiger partial charge < -0.3 is 0 Å². The third-order valence-corrected chi connectivity index (χ3v) is 4.38. The number of aryl methyl sites for hydroxylation is 2. The first kappa shape index (κ1) is 11.5. The second-order valence-corrected chi connectivity index (χ2v) is 5.92. The predicted molar refractivity (Wildman–Crippen MR) is 64.9 cm³/mol. The molecular weight excluding hydrogens is 220 g/mol. The van der Waals surface area contributed by atoms with Gasteiger partial charge in [-0.1, -0.05) is 17.7 Å². The van der Waals surface area contributed by atoms with Gasteiger partial charge in [0.1, 0.15) is 5.78 Å². The van der Waals surface area contributed by atoms with Crippen molar-refractivity contribution in [3.05, 3.63) is 29.3 Å². The van der Waals surface area contributed by atoms with Crippen molar-refractivity contribution in [3.63, 3.8) is 0 Å². The predicted octanol–water partition coefficient (Wildman–Crippen LogP) is 2.39. The molecule has 1 aromatic rings. The summed E-state index contributed by atoms with van der Waals surface area (Å²) in [6, 6.07) is 5.83. The molecule has 1 aliphatic rings. The van der Waals surface area contributed by atoms with E-state index < -0.39 is 10.8 Å². The summed E-state index contributed by atoms with van der Waals surface area (Å²) in [5.41, 5.74) is 2.17. The lowest BCUT2D eigenvalue weighted by atomic mass is 10.2. The van der Waals surface area contributed by atoms with Crippen LogP contribution in [0.5, 0.6) is 0 Å². The Morgan fingerprint density at radius 1 is 1.38 bits per heavy atom. The van der Waals surface area contributed by atoms with Crippen molar-refractivity contribution in [1.29, 1.82) is 0 Å². The van der Waals surface area contributed by atoms with Gasteiger partial charge >= 0.3 is 0 Å². The molecule has 1 atom stereocenters. The normalized spacial score (nSPS) is 17.1. The second kappa shape index (κ2) is 4.50. The third kappa shape index (κ3) is 2.59. The van der Waals surface area contributed by atoms with Crippen molar-refractivity contribution in [2.24, 2.45) is 5.92 Å². The summed E-state index contributed by atoms with van der Waals surface area (Å²) >= 11 is 0. The fraction of sp³-hybridized carbons (Fsp3) is 0.462. The van der Waals surface area contributed by atoms with Crippen LogP contribution in [0.3, 0.4) is 0 Å². The Hall–Kier alpha value is -0.960. The summed E-state index contributed by atoms with van der Waals surface area (Å²) in [7, 11) is -1.16. The number of ketones is 1. The first-order chi connectivity index (χ1) is 7.58. The van der Waals surface area contributed by atoms with Crippen molar-refractivity contribution in [2.75, 3.05) is 5.75 Å². The highest BCUT2D eigenvalue weighted by Crippen LogP contribution is 2.30. The van der Waals surface area contributed by atoms with Crippen LogP contribution < -0.4 is 0 Å². The molecule has 0 aliphatic heterocycles. The van der Waals surface area contributed by atoms with Crippen LogP contribution in [0, 0.1) is 19.8 Å². The monoisotopic (exact) mass is 236 g/mol. The molecule has 1 aromatic carbocycles. The minimum absolute atomic E-state index is 0.165. The van der Waals surface area contributed by atoms with Crippen molar-refractivity contribution in [3.8, 4) is 0 Å². The molecule has 0 aromatic heterocycles. The van der Waals surface area contributed by atoms with Gasteiger partial charge in [-0.25, -0.2) is 0 Å². The van der Waals surface area contributed by atoms with Crippen LogP contribution in [0.4, 0.5) is 0 Å². The van der Waals surface area contributed by atoms with Crippen LogP contribution in [-0.4, -0.2) is 15.7 Å². The Labute approximate surface area is 98.5 Å². The van der Waals surface area contributed by atoms with E-state index in [1.165, 1.54) is 0 Å². The summed E-state index contributed by atoms with van der Waals surface area (Å²) in [6.45, 7) is 3.96. The first-order valence-corrected chi connectivity index (χ1v) is 6.88. The molecule has 3 heteroatoms. The maximum atomic E-state index is 12.0. The molecule has 86 valence electrons. The van der Waals surface area contributed by atoms with E-state index in [0.29, 0.717) is 0 Å². The van der Waals surface area contributed by atoms with Gasteiger partial charge in [-0.05, 0) is 38.3 Å². The van der Waals surface area contributed by atoms with Crippen LogP contribution in [0.1, 0.15) is 24.0 Å². The lowest BCUT2D eigenvalue weighted by Crippen LogP contribution is -2.13. The molecule has 2 nitrogen and oxygen atoms in total. The summed E-state index contributed by atoms with van der Waals surface area (Å²) in [5.74, 6) is 0.558. The molecule has 0 N–H and O–H groups in total. The van der Waals surface area contributed by atoms with Gasteiger partial charge in [-0.2, -0.15) is 0 Å². The van der Waals surface area contributed by atoms with E-state index in [4.69, 9.17) is 0 Å². The highest BCUT2D eigenvalue weighted by atomic mass is 32.2. The SMILES string of the molecule is Cc1ccc(S(=O)CC(=O)C2CC2)c(C)c1. The molecule has 2 rings (SSSR count). The van der Waals surface area contributed by atoms with Gasteiger partial charge in [-0.3, -0.25) is 9.00 Å². The molecule has 0 radical (unpaired) electrons. The molecule has 1 fully saturated rings. The minimum Gasteiger partial charge on any atom is -0.298 e. The van der Waals surface area contributed by atoms with Gasteiger partial charge in [0.15, 0.2) is 0 Å². The molecule has 0 heterocycles. The average Bonchev–Trinajstić information content (AvgIpc) is 2.99. The number of hydrogen-bond acceptors (Lipinski definition) is 2. The number of Topliss-reactive ketones (excluding diaryl/α,β-unsaturated/α-hetero) is 1. The van der Waals surface area contributed by atoms with Crippen LogP contribution >= 0.6 is 0 Å². The van der Waals surface area contributed by atoms with Crippen LogP contribution in [0.2, 0.25) is 0 Å².